The number of rotatable bonds is 3. The van der Waals surface area contributed by atoms with Crippen molar-refractivity contribution in [3.8, 4) is 5.88 Å². The molecular weight excluding hydrogens is 239 g/mol. The maximum Gasteiger partial charge on any atom is 0.226 e. The molecule has 1 aromatic carbocycles. The number of hydrogen-bond donors (Lipinski definition) is 2. The van der Waals surface area contributed by atoms with Crippen LogP contribution in [0.15, 0.2) is 24.3 Å². The first-order valence-corrected chi connectivity index (χ1v) is 6.07. The standard InChI is InChI=1S/C12H13FN2OS/c1-7(9-5-3-4-6-10(9)13)14-12-15-11(16)8(2)17-12/h3-7,16H,1-2H3,(H,14,15)/t7-/m0/s1. The van der Waals surface area contributed by atoms with Crippen LogP contribution in [0.25, 0.3) is 0 Å². The number of halogens is 1. The lowest BCUT2D eigenvalue weighted by atomic mass is 10.1. The fourth-order valence-electron chi connectivity index (χ4n) is 1.54. The van der Waals surface area contributed by atoms with Gasteiger partial charge in [-0.05, 0) is 19.9 Å². The van der Waals surface area contributed by atoms with Crippen LogP contribution >= 0.6 is 11.3 Å². The average Bonchev–Trinajstić information content (AvgIpc) is 2.58. The molecular formula is C12H13FN2OS. The molecule has 1 heterocycles. The average molecular weight is 252 g/mol. The zero-order valence-electron chi connectivity index (χ0n) is 9.57. The van der Waals surface area contributed by atoms with Gasteiger partial charge in [-0.2, -0.15) is 4.98 Å². The molecule has 0 saturated heterocycles. The molecule has 5 heteroatoms. The molecule has 0 bridgehead atoms. The second-order valence-electron chi connectivity index (χ2n) is 3.79. The van der Waals surface area contributed by atoms with Gasteiger partial charge in [0.25, 0.3) is 0 Å². The Morgan fingerprint density at radius 1 is 1.41 bits per heavy atom. The van der Waals surface area contributed by atoms with Gasteiger partial charge < -0.3 is 10.4 Å². The highest BCUT2D eigenvalue weighted by Gasteiger charge is 2.13. The van der Waals surface area contributed by atoms with E-state index in [-0.39, 0.29) is 17.7 Å². The SMILES string of the molecule is Cc1sc(N[C@@H](C)c2ccccc2F)nc1O. The Morgan fingerprint density at radius 2 is 2.12 bits per heavy atom. The Kier molecular flexibility index (Phi) is 3.28. The number of thiazole rings is 1. The zero-order chi connectivity index (χ0) is 12.4. The fourth-order valence-corrected chi connectivity index (χ4v) is 2.33. The van der Waals surface area contributed by atoms with E-state index in [1.54, 1.807) is 25.1 Å². The summed E-state index contributed by atoms with van der Waals surface area (Å²) in [4.78, 5) is 4.69. The summed E-state index contributed by atoms with van der Waals surface area (Å²) in [5.41, 5.74) is 0.583. The molecule has 0 saturated carbocycles. The first kappa shape index (κ1) is 11.9. The summed E-state index contributed by atoms with van der Waals surface area (Å²) in [6.07, 6.45) is 0. The Morgan fingerprint density at radius 3 is 2.71 bits per heavy atom. The third-order valence-corrected chi connectivity index (χ3v) is 3.38. The van der Waals surface area contributed by atoms with Crippen LogP contribution in [0.3, 0.4) is 0 Å². The van der Waals surface area contributed by atoms with Crippen molar-refractivity contribution in [1.29, 1.82) is 0 Å². The maximum atomic E-state index is 13.5. The molecule has 2 rings (SSSR count). The van der Waals surface area contributed by atoms with Gasteiger partial charge in [-0.15, -0.1) is 0 Å². The van der Waals surface area contributed by atoms with Crippen LogP contribution < -0.4 is 5.32 Å². The summed E-state index contributed by atoms with van der Waals surface area (Å²) >= 11 is 1.35. The largest absolute Gasteiger partial charge is 0.492 e. The molecule has 90 valence electrons. The highest BCUT2D eigenvalue weighted by molar-refractivity contribution is 7.15. The minimum absolute atomic E-state index is 0.0261. The van der Waals surface area contributed by atoms with Gasteiger partial charge in [-0.1, -0.05) is 29.5 Å². The number of anilines is 1. The second-order valence-corrected chi connectivity index (χ2v) is 4.99. The summed E-state index contributed by atoms with van der Waals surface area (Å²) in [5, 5.41) is 13.0. The molecule has 2 N–H and O–H groups in total. The van der Waals surface area contributed by atoms with Crippen molar-refractivity contribution in [3.63, 3.8) is 0 Å². The third kappa shape index (κ3) is 2.55. The van der Waals surface area contributed by atoms with Crippen LogP contribution in [0.2, 0.25) is 0 Å². The molecule has 0 radical (unpaired) electrons. The van der Waals surface area contributed by atoms with Crippen molar-refractivity contribution in [2.24, 2.45) is 0 Å². The van der Waals surface area contributed by atoms with Gasteiger partial charge in [-0.3, -0.25) is 0 Å². The minimum Gasteiger partial charge on any atom is -0.492 e. The molecule has 0 spiro atoms. The normalized spacial score (nSPS) is 12.4. The van der Waals surface area contributed by atoms with Crippen LogP contribution in [0, 0.1) is 12.7 Å². The van der Waals surface area contributed by atoms with Gasteiger partial charge in [0.2, 0.25) is 5.88 Å². The van der Waals surface area contributed by atoms with Crippen LogP contribution in [0.4, 0.5) is 9.52 Å². The number of aryl methyl sites for hydroxylation is 1. The van der Waals surface area contributed by atoms with Gasteiger partial charge in [0.15, 0.2) is 5.13 Å². The number of hydrogen-bond acceptors (Lipinski definition) is 4. The molecule has 0 aliphatic rings. The quantitative estimate of drug-likeness (QED) is 0.879. The topological polar surface area (TPSA) is 45.2 Å². The lowest BCUT2D eigenvalue weighted by Crippen LogP contribution is -2.08. The number of benzene rings is 1. The molecule has 3 nitrogen and oxygen atoms in total. The maximum absolute atomic E-state index is 13.5. The molecule has 2 aromatic rings. The molecule has 0 fully saturated rings. The van der Waals surface area contributed by atoms with E-state index in [0.29, 0.717) is 10.7 Å². The summed E-state index contributed by atoms with van der Waals surface area (Å²) in [7, 11) is 0. The van der Waals surface area contributed by atoms with E-state index in [1.165, 1.54) is 17.4 Å². The Labute approximate surface area is 103 Å². The molecule has 0 aliphatic heterocycles. The van der Waals surface area contributed by atoms with Crippen molar-refractivity contribution < 1.29 is 9.50 Å². The van der Waals surface area contributed by atoms with Crippen molar-refractivity contribution in [3.05, 3.63) is 40.5 Å². The predicted octanol–water partition coefficient (Wildman–Crippen LogP) is 3.47. The van der Waals surface area contributed by atoms with Crippen LogP contribution in [0.5, 0.6) is 5.88 Å². The van der Waals surface area contributed by atoms with Crippen molar-refractivity contribution in [2.75, 3.05) is 5.32 Å². The van der Waals surface area contributed by atoms with Crippen molar-refractivity contribution >= 4 is 16.5 Å². The molecule has 0 aliphatic carbocycles. The molecule has 17 heavy (non-hydrogen) atoms. The van der Waals surface area contributed by atoms with Gasteiger partial charge in [0.1, 0.15) is 5.82 Å². The Balaban J connectivity index is 2.17. The molecule has 1 aromatic heterocycles. The summed E-state index contributed by atoms with van der Waals surface area (Å²) in [6, 6.07) is 6.42. The summed E-state index contributed by atoms with van der Waals surface area (Å²) in [6.45, 7) is 3.64. The van der Waals surface area contributed by atoms with Crippen molar-refractivity contribution in [2.45, 2.75) is 19.9 Å². The van der Waals surface area contributed by atoms with Gasteiger partial charge in [0, 0.05) is 5.56 Å². The van der Waals surface area contributed by atoms with Gasteiger partial charge >= 0.3 is 0 Å². The summed E-state index contributed by atoms with van der Waals surface area (Å²) < 4.78 is 13.5. The molecule has 0 amide bonds. The number of aromatic hydroxyl groups is 1. The Hall–Kier alpha value is -1.62. The van der Waals surface area contributed by atoms with Gasteiger partial charge in [-0.25, -0.2) is 4.39 Å². The highest BCUT2D eigenvalue weighted by atomic mass is 32.1. The monoisotopic (exact) mass is 252 g/mol. The highest BCUT2D eigenvalue weighted by Crippen LogP contribution is 2.29. The predicted molar refractivity (Wildman–Crippen MR) is 67.0 cm³/mol. The van der Waals surface area contributed by atoms with E-state index in [1.807, 2.05) is 6.92 Å². The first-order valence-electron chi connectivity index (χ1n) is 5.25. The fraction of sp³-hybridized carbons (Fsp3) is 0.250. The summed E-state index contributed by atoms with van der Waals surface area (Å²) in [5.74, 6) is -0.219. The number of aromatic nitrogens is 1. The Bertz CT molecular complexity index is 507. The van der Waals surface area contributed by atoms with Crippen LogP contribution in [-0.2, 0) is 0 Å². The van der Waals surface area contributed by atoms with E-state index >= 15 is 0 Å². The van der Waals surface area contributed by atoms with Crippen molar-refractivity contribution in [1.82, 2.24) is 4.98 Å². The van der Waals surface area contributed by atoms with E-state index < -0.39 is 0 Å². The lowest BCUT2D eigenvalue weighted by Gasteiger charge is -2.13. The van der Waals surface area contributed by atoms with Gasteiger partial charge in [0.05, 0.1) is 10.9 Å². The molecule has 1 atom stereocenters. The van der Waals surface area contributed by atoms with E-state index in [2.05, 4.69) is 10.3 Å². The molecule has 0 unspecified atom stereocenters. The number of nitrogens with one attached hydrogen (secondary N) is 1. The minimum atomic E-state index is -0.245. The van der Waals surface area contributed by atoms with E-state index in [9.17, 15) is 9.50 Å². The zero-order valence-corrected chi connectivity index (χ0v) is 10.4. The number of nitrogens with zero attached hydrogens (tertiary/aromatic N) is 1. The lowest BCUT2D eigenvalue weighted by molar-refractivity contribution is 0.454. The smallest absolute Gasteiger partial charge is 0.226 e. The van der Waals surface area contributed by atoms with E-state index in [4.69, 9.17) is 0 Å². The third-order valence-electron chi connectivity index (χ3n) is 2.48. The van der Waals surface area contributed by atoms with E-state index in [0.717, 1.165) is 4.88 Å². The first-order chi connectivity index (χ1) is 8.08. The second kappa shape index (κ2) is 4.71. The van der Waals surface area contributed by atoms with Crippen LogP contribution in [-0.4, -0.2) is 10.1 Å². The van der Waals surface area contributed by atoms with Crippen LogP contribution in [0.1, 0.15) is 23.4 Å².